The van der Waals surface area contributed by atoms with Crippen molar-refractivity contribution in [1.82, 2.24) is 0 Å². The molecule has 0 spiro atoms. The predicted octanol–water partition coefficient (Wildman–Crippen LogP) is 5.05. The van der Waals surface area contributed by atoms with Gasteiger partial charge in [-0.15, -0.1) is 0 Å². The summed E-state index contributed by atoms with van der Waals surface area (Å²) in [5, 5.41) is 9.30. The summed E-state index contributed by atoms with van der Waals surface area (Å²) in [7, 11) is 0. The van der Waals surface area contributed by atoms with Gasteiger partial charge in [-0.25, -0.2) is 0 Å². The normalized spacial score (nSPS) is 12.2. The molecule has 0 aliphatic rings. The van der Waals surface area contributed by atoms with E-state index in [0.717, 1.165) is 53.9 Å². The second-order valence-electron chi connectivity index (χ2n) is 6.82. The highest BCUT2D eigenvalue weighted by atomic mass is 16.1. The first kappa shape index (κ1) is 13.7. The number of fused-ring (bicyclic) bond motifs is 4. The third-order valence-corrected chi connectivity index (χ3v) is 5.56. The van der Waals surface area contributed by atoms with Crippen molar-refractivity contribution in [3.05, 3.63) is 93.2 Å². The molecule has 0 aromatic heterocycles. The van der Waals surface area contributed by atoms with Gasteiger partial charge < -0.3 is 0 Å². The molecule has 0 amide bonds. The Morgan fingerprint density at radius 3 is 1.73 bits per heavy atom. The van der Waals surface area contributed by atoms with E-state index in [0.29, 0.717) is 0 Å². The molecule has 0 fully saturated rings. The van der Waals surface area contributed by atoms with E-state index in [4.69, 9.17) is 0 Å². The molecule has 0 saturated heterocycles. The van der Waals surface area contributed by atoms with Crippen molar-refractivity contribution >= 4 is 53.9 Å². The van der Waals surface area contributed by atoms with Crippen LogP contribution in [0.2, 0.25) is 0 Å². The van der Waals surface area contributed by atoms with Gasteiger partial charge in [0.05, 0.1) is 0 Å². The van der Waals surface area contributed by atoms with E-state index < -0.39 is 0 Å². The van der Waals surface area contributed by atoms with Crippen LogP contribution in [0.3, 0.4) is 0 Å². The predicted molar refractivity (Wildman–Crippen MR) is 109 cm³/mol. The van der Waals surface area contributed by atoms with Crippen molar-refractivity contribution in [2.24, 2.45) is 0 Å². The molecule has 6 aromatic carbocycles. The lowest BCUT2D eigenvalue weighted by Crippen LogP contribution is -2.05. The molecule has 0 aliphatic carbocycles. The van der Waals surface area contributed by atoms with Crippen LogP contribution in [-0.2, 0) is 0 Å². The summed E-state index contributed by atoms with van der Waals surface area (Å²) in [5.41, 5.74) is 0.100. The molecule has 0 radical (unpaired) electrons. The van der Waals surface area contributed by atoms with Crippen LogP contribution in [0.25, 0.3) is 53.9 Å². The molecule has 120 valence electrons. The van der Waals surface area contributed by atoms with Crippen molar-refractivity contribution in [2.75, 3.05) is 0 Å². The molecular formula is C24H12O2. The summed E-state index contributed by atoms with van der Waals surface area (Å²) in [6, 6.07) is 23.1. The van der Waals surface area contributed by atoms with E-state index >= 15 is 0 Å². The SMILES string of the molecule is O=c1ccc2c3c1cccc3c1cccc3c(=O)c4ccccc4c2c31. The highest BCUT2D eigenvalue weighted by Crippen LogP contribution is 2.41. The van der Waals surface area contributed by atoms with Crippen molar-refractivity contribution in [3.63, 3.8) is 0 Å². The Morgan fingerprint density at radius 1 is 0.385 bits per heavy atom. The van der Waals surface area contributed by atoms with Crippen LogP contribution < -0.4 is 10.9 Å². The zero-order chi connectivity index (χ0) is 17.4. The lowest BCUT2D eigenvalue weighted by Gasteiger charge is -2.15. The quantitative estimate of drug-likeness (QED) is 0.288. The minimum Gasteiger partial charge on any atom is -0.289 e. The van der Waals surface area contributed by atoms with Gasteiger partial charge in [0.2, 0.25) is 0 Å². The van der Waals surface area contributed by atoms with Gasteiger partial charge in [-0.1, -0.05) is 60.7 Å². The molecule has 2 heteroatoms. The third kappa shape index (κ3) is 1.48. The summed E-state index contributed by atoms with van der Waals surface area (Å²) in [4.78, 5) is 25.5. The second kappa shape index (κ2) is 4.55. The fraction of sp³-hybridized carbons (Fsp3) is 0. The van der Waals surface area contributed by atoms with Crippen LogP contribution in [0, 0.1) is 0 Å². The first-order valence-corrected chi connectivity index (χ1v) is 8.63. The van der Waals surface area contributed by atoms with Crippen molar-refractivity contribution in [1.29, 1.82) is 0 Å². The molecule has 0 aliphatic heterocycles. The van der Waals surface area contributed by atoms with Crippen LogP contribution in [0.1, 0.15) is 0 Å². The average Bonchev–Trinajstić information content (AvgIpc) is 2.69. The van der Waals surface area contributed by atoms with Crippen molar-refractivity contribution < 1.29 is 0 Å². The first-order valence-electron chi connectivity index (χ1n) is 8.63. The topological polar surface area (TPSA) is 34.1 Å². The van der Waals surface area contributed by atoms with Crippen molar-refractivity contribution in [3.8, 4) is 0 Å². The van der Waals surface area contributed by atoms with Gasteiger partial charge in [-0.05, 0) is 39.1 Å². The number of rotatable bonds is 0. The third-order valence-electron chi connectivity index (χ3n) is 5.56. The summed E-state index contributed by atoms with van der Waals surface area (Å²) < 4.78 is 0. The molecule has 0 saturated carbocycles. The number of hydrogen-bond donors (Lipinski definition) is 0. The number of benzene rings is 6. The molecule has 6 aromatic rings. The smallest absolute Gasteiger partial charge is 0.194 e. The molecule has 0 N–H and O–H groups in total. The average molecular weight is 332 g/mol. The van der Waals surface area contributed by atoms with Crippen LogP contribution >= 0.6 is 0 Å². The van der Waals surface area contributed by atoms with E-state index in [1.165, 1.54) is 0 Å². The maximum Gasteiger partial charge on any atom is 0.194 e. The second-order valence-corrected chi connectivity index (χ2v) is 6.82. The van der Waals surface area contributed by atoms with Gasteiger partial charge >= 0.3 is 0 Å². The van der Waals surface area contributed by atoms with Gasteiger partial charge in [0, 0.05) is 26.9 Å². The van der Waals surface area contributed by atoms with Gasteiger partial charge in [-0.2, -0.15) is 0 Å². The van der Waals surface area contributed by atoms with Crippen LogP contribution in [0.4, 0.5) is 0 Å². The standard InChI is InChI=1S/C24H12O2/c25-20-12-11-18-21-13(7-3-9-17(20)21)14-8-4-10-19-23(14)22(18)15-5-1-2-6-16(15)24(19)26/h1-12H. The lowest BCUT2D eigenvalue weighted by molar-refractivity contribution is 1.69. The van der Waals surface area contributed by atoms with Gasteiger partial charge in [0.1, 0.15) is 0 Å². The molecule has 0 unspecified atom stereocenters. The zero-order valence-corrected chi connectivity index (χ0v) is 13.7. The van der Waals surface area contributed by atoms with Crippen molar-refractivity contribution in [2.45, 2.75) is 0 Å². The van der Waals surface area contributed by atoms with E-state index in [-0.39, 0.29) is 10.9 Å². The Kier molecular flexibility index (Phi) is 2.41. The highest BCUT2D eigenvalue weighted by molar-refractivity contribution is 6.37. The Hall–Kier alpha value is -3.52. The van der Waals surface area contributed by atoms with Gasteiger partial charge in [0.25, 0.3) is 0 Å². The fourth-order valence-electron chi connectivity index (χ4n) is 4.51. The molecular weight excluding hydrogens is 320 g/mol. The molecule has 0 bridgehead atoms. The van der Waals surface area contributed by atoms with E-state index in [2.05, 4.69) is 6.07 Å². The molecule has 0 atom stereocenters. The zero-order valence-electron chi connectivity index (χ0n) is 13.7. The fourth-order valence-corrected chi connectivity index (χ4v) is 4.51. The summed E-state index contributed by atoms with van der Waals surface area (Å²) >= 11 is 0. The first-order chi connectivity index (χ1) is 12.8. The van der Waals surface area contributed by atoms with Crippen LogP contribution in [0.15, 0.2) is 82.4 Å². The lowest BCUT2D eigenvalue weighted by atomic mass is 9.87. The molecule has 6 rings (SSSR count). The van der Waals surface area contributed by atoms with Gasteiger partial charge in [0.15, 0.2) is 10.9 Å². The minimum atomic E-state index is 0.0333. The highest BCUT2D eigenvalue weighted by Gasteiger charge is 2.18. The molecule has 0 heterocycles. The maximum absolute atomic E-state index is 13.1. The summed E-state index contributed by atoms with van der Waals surface area (Å²) in [6.45, 7) is 0. The maximum atomic E-state index is 13.1. The van der Waals surface area contributed by atoms with E-state index in [1.54, 1.807) is 6.07 Å². The molecule has 2 nitrogen and oxygen atoms in total. The Bertz CT molecular complexity index is 1610. The van der Waals surface area contributed by atoms with E-state index in [1.807, 2.05) is 60.7 Å². The largest absolute Gasteiger partial charge is 0.289 e. The van der Waals surface area contributed by atoms with Crippen LogP contribution in [0.5, 0.6) is 0 Å². The minimum absolute atomic E-state index is 0.0333. The van der Waals surface area contributed by atoms with Crippen LogP contribution in [-0.4, -0.2) is 0 Å². The van der Waals surface area contributed by atoms with Gasteiger partial charge in [-0.3, -0.25) is 9.59 Å². The van der Waals surface area contributed by atoms with E-state index in [9.17, 15) is 9.59 Å². The monoisotopic (exact) mass is 332 g/mol. The Balaban J connectivity index is 2.18. The Labute approximate surface area is 147 Å². The Morgan fingerprint density at radius 2 is 0.923 bits per heavy atom. The summed E-state index contributed by atoms with van der Waals surface area (Å²) in [6.07, 6.45) is 0. The molecule has 26 heavy (non-hydrogen) atoms. The number of hydrogen-bond acceptors (Lipinski definition) is 2. The summed E-state index contributed by atoms with van der Waals surface area (Å²) in [5.74, 6) is 0.